The van der Waals surface area contributed by atoms with Gasteiger partial charge in [-0.15, -0.1) is 0 Å². The molecule has 2 aromatic carbocycles. The van der Waals surface area contributed by atoms with Gasteiger partial charge in [-0.25, -0.2) is 13.4 Å². The van der Waals surface area contributed by atoms with Crippen molar-refractivity contribution in [2.75, 3.05) is 31.2 Å². The topological polar surface area (TPSA) is 90.4 Å². The lowest BCUT2D eigenvalue weighted by Gasteiger charge is -2.35. The molecule has 4 rings (SSSR count). The molecule has 0 N–H and O–H groups in total. The molecule has 2 amide bonds. The number of hydrogen-bond acceptors (Lipinski definition) is 5. The van der Waals surface area contributed by atoms with Crippen LogP contribution in [0.1, 0.15) is 43.7 Å². The van der Waals surface area contributed by atoms with Gasteiger partial charge in [-0.2, -0.15) is 9.41 Å². The lowest BCUT2D eigenvalue weighted by atomic mass is 10.0. The van der Waals surface area contributed by atoms with Crippen LogP contribution in [-0.2, 0) is 19.6 Å². The van der Waals surface area contributed by atoms with Crippen molar-refractivity contribution < 1.29 is 18.0 Å². The third-order valence-electron chi connectivity index (χ3n) is 6.27. The number of hydrogen-bond donors (Lipinski definition) is 0. The normalized spacial score (nSPS) is 17.8. The zero-order valence-electron chi connectivity index (χ0n) is 19.8. The molecule has 0 unspecified atom stereocenters. The summed E-state index contributed by atoms with van der Waals surface area (Å²) in [4.78, 5) is 27.4. The Hall–Kier alpha value is -3.04. The van der Waals surface area contributed by atoms with Gasteiger partial charge < -0.3 is 4.90 Å². The van der Waals surface area contributed by atoms with Gasteiger partial charge in [0.15, 0.2) is 0 Å². The Balaban J connectivity index is 1.43. The van der Waals surface area contributed by atoms with Crippen LogP contribution in [0.3, 0.4) is 0 Å². The number of benzene rings is 2. The van der Waals surface area contributed by atoms with E-state index in [2.05, 4.69) is 18.9 Å². The van der Waals surface area contributed by atoms with Gasteiger partial charge in [-0.1, -0.05) is 43.7 Å². The van der Waals surface area contributed by atoms with Crippen LogP contribution in [0.2, 0.25) is 0 Å². The second-order valence-corrected chi connectivity index (χ2v) is 10.9. The van der Waals surface area contributed by atoms with E-state index in [0.29, 0.717) is 17.3 Å². The molecule has 0 radical (unpaired) electrons. The minimum absolute atomic E-state index is 0.153. The van der Waals surface area contributed by atoms with Crippen molar-refractivity contribution in [2.24, 2.45) is 5.10 Å². The number of aryl methyl sites for hydroxylation is 1. The van der Waals surface area contributed by atoms with Gasteiger partial charge in [0.2, 0.25) is 15.9 Å². The van der Waals surface area contributed by atoms with Crippen LogP contribution in [0.15, 0.2) is 58.5 Å². The van der Waals surface area contributed by atoms with Crippen molar-refractivity contribution in [1.82, 2.24) is 9.21 Å². The zero-order valence-corrected chi connectivity index (χ0v) is 20.6. The summed E-state index contributed by atoms with van der Waals surface area (Å²) in [5.41, 5.74) is 3.10. The van der Waals surface area contributed by atoms with Crippen molar-refractivity contribution in [1.29, 1.82) is 0 Å². The maximum Gasteiger partial charge on any atom is 0.270 e. The molecule has 0 aromatic heterocycles. The van der Waals surface area contributed by atoms with Gasteiger partial charge in [-0.05, 0) is 42.7 Å². The van der Waals surface area contributed by atoms with E-state index in [9.17, 15) is 18.0 Å². The molecule has 0 bridgehead atoms. The van der Waals surface area contributed by atoms with Crippen molar-refractivity contribution in [3.63, 3.8) is 0 Å². The second kappa shape index (κ2) is 9.68. The van der Waals surface area contributed by atoms with Crippen molar-refractivity contribution in [3.05, 3.63) is 59.7 Å². The van der Waals surface area contributed by atoms with Crippen LogP contribution in [0.25, 0.3) is 0 Å². The lowest BCUT2D eigenvalue weighted by molar-refractivity contribution is -0.125. The van der Waals surface area contributed by atoms with E-state index in [-0.39, 0.29) is 55.7 Å². The first-order valence-corrected chi connectivity index (χ1v) is 13.0. The largest absolute Gasteiger partial charge is 0.335 e. The molecular weight excluding hydrogens is 452 g/mol. The fraction of sp³-hybridized carbons (Fsp3) is 0.400. The molecule has 0 saturated carbocycles. The van der Waals surface area contributed by atoms with Gasteiger partial charge in [0, 0.05) is 39.0 Å². The Morgan fingerprint density at radius 3 is 2.12 bits per heavy atom. The monoisotopic (exact) mass is 482 g/mol. The van der Waals surface area contributed by atoms with Gasteiger partial charge in [0.25, 0.3) is 5.91 Å². The Bertz CT molecular complexity index is 1200. The molecule has 9 heteroatoms. The molecule has 34 heavy (non-hydrogen) atoms. The van der Waals surface area contributed by atoms with Crippen molar-refractivity contribution in [2.45, 2.75) is 44.4 Å². The Morgan fingerprint density at radius 1 is 0.912 bits per heavy atom. The Morgan fingerprint density at radius 2 is 1.53 bits per heavy atom. The van der Waals surface area contributed by atoms with E-state index in [0.717, 1.165) is 11.1 Å². The van der Waals surface area contributed by atoms with Crippen molar-refractivity contribution in [3.8, 4) is 0 Å². The van der Waals surface area contributed by atoms with Gasteiger partial charge in [0.1, 0.15) is 5.71 Å². The summed E-state index contributed by atoms with van der Waals surface area (Å²) in [6.45, 7) is 7.07. The molecule has 0 spiro atoms. The smallest absolute Gasteiger partial charge is 0.270 e. The maximum absolute atomic E-state index is 13.1. The molecule has 180 valence electrons. The molecule has 1 saturated heterocycles. The van der Waals surface area contributed by atoms with E-state index in [1.807, 2.05) is 43.3 Å². The first kappa shape index (κ1) is 24.1. The summed E-state index contributed by atoms with van der Waals surface area (Å²) in [7, 11) is -3.62. The number of anilines is 1. The minimum Gasteiger partial charge on any atom is -0.335 e. The SMILES string of the molecule is Cc1ccc(N2N=C(C(=O)N3CCN(S(=O)(=O)c4ccc(C(C)C)cc4)CC3)CCC2=O)cc1. The standard InChI is InChI=1S/C25H30N4O4S/c1-18(2)20-6-10-22(11-7-20)34(32,33)28-16-14-27(15-17-28)25(31)23-12-13-24(30)29(26-23)21-8-4-19(3)5-9-21/h4-11,18H,12-17H2,1-3H3. The summed E-state index contributed by atoms with van der Waals surface area (Å²) < 4.78 is 27.5. The number of hydrazone groups is 1. The van der Waals surface area contributed by atoms with E-state index in [4.69, 9.17) is 0 Å². The van der Waals surface area contributed by atoms with Crippen LogP contribution in [0.4, 0.5) is 5.69 Å². The van der Waals surface area contributed by atoms with Gasteiger partial charge >= 0.3 is 0 Å². The first-order valence-electron chi connectivity index (χ1n) is 11.5. The molecule has 0 atom stereocenters. The third-order valence-corrected chi connectivity index (χ3v) is 8.18. The summed E-state index contributed by atoms with van der Waals surface area (Å²) >= 11 is 0. The first-order chi connectivity index (χ1) is 16.2. The molecule has 2 aliphatic heterocycles. The molecule has 0 aliphatic carbocycles. The highest BCUT2D eigenvalue weighted by molar-refractivity contribution is 7.89. The summed E-state index contributed by atoms with van der Waals surface area (Å²) in [6.07, 6.45) is 0.486. The average Bonchev–Trinajstić information content (AvgIpc) is 2.84. The Labute approximate surface area is 200 Å². The highest BCUT2D eigenvalue weighted by Gasteiger charge is 2.33. The minimum atomic E-state index is -3.62. The molecule has 8 nitrogen and oxygen atoms in total. The quantitative estimate of drug-likeness (QED) is 0.655. The molecule has 2 aliphatic rings. The van der Waals surface area contributed by atoms with Crippen LogP contribution in [0.5, 0.6) is 0 Å². The second-order valence-electron chi connectivity index (χ2n) is 9.01. The number of carbonyl (C=O) groups excluding carboxylic acids is 2. The number of rotatable bonds is 5. The predicted molar refractivity (Wildman–Crippen MR) is 131 cm³/mol. The van der Waals surface area contributed by atoms with E-state index in [1.165, 1.54) is 9.31 Å². The van der Waals surface area contributed by atoms with Gasteiger partial charge in [0.05, 0.1) is 10.6 Å². The Kier molecular flexibility index (Phi) is 6.86. The van der Waals surface area contributed by atoms with E-state index < -0.39 is 10.0 Å². The predicted octanol–water partition coefficient (Wildman–Crippen LogP) is 3.13. The van der Waals surface area contributed by atoms with Crippen LogP contribution in [0, 0.1) is 6.92 Å². The van der Waals surface area contributed by atoms with Crippen LogP contribution < -0.4 is 5.01 Å². The lowest BCUT2D eigenvalue weighted by Crippen LogP contribution is -2.52. The summed E-state index contributed by atoms with van der Waals surface area (Å²) in [5.74, 6) is -0.0750. The number of sulfonamides is 1. The fourth-order valence-corrected chi connectivity index (χ4v) is 5.51. The van der Waals surface area contributed by atoms with Crippen LogP contribution >= 0.6 is 0 Å². The number of amides is 2. The third kappa shape index (κ3) is 4.90. The van der Waals surface area contributed by atoms with E-state index in [1.54, 1.807) is 17.0 Å². The summed E-state index contributed by atoms with van der Waals surface area (Å²) in [5, 5.41) is 5.64. The number of piperazine rings is 1. The molecule has 2 aromatic rings. The highest BCUT2D eigenvalue weighted by Crippen LogP contribution is 2.23. The van der Waals surface area contributed by atoms with Crippen LogP contribution in [-0.4, -0.2) is 61.3 Å². The average molecular weight is 483 g/mol. The number of carbonyl (C=O) groups is 2. The molecule has 2 heterocycles. The van der Waals surface area contributed by atoms with Gasteiger partial charge in [-0.3, -0.25) is 9.59 Å². The zero-order chi connectivity index (χ0) is 24.5. The fourth-order valence-electron chi connectivity index (χ4n) is 4.08. The van der Waals surface area contributed by atoms with Crippen molar-refractivity contribution >= 4 is 33.2 Å². The number of nitrogens with zero attached hydrogens (tertiary/aromatic N) is 4. The molecular formula is C25H30N4O4S. The molecule has 1 fully saturated rings. The highest BCUT2D eigenvalue weighted by atomic mass is 32.2. The van der Waals surface area contributed by atoms with E-state index >= 15 is 0 Å². The summed E-state index contributed by atoms with van der Waals surface area (Å²) in [6, 6.07) is 14.4. The maximum atomic E-state index is 13.1.